The highest BCUT2D eigenvalue weighted by Gasteiger charge is 2.36. The summed E-state index contributed by atoms with van der Waals surface area (Å²) in [5.41, 5.74) is 7.26. The fourth-order valence-corrected chi connectivity index (χ4v) is 5.88. The molecule has 0 radical (unpaired) electrons. The number of nitrogens with one attached hydrogen (secondary N) is 2. The van der Waals surface area contributed by atoms with Gasteiger partial charge in [0.25, 0.3) is 5.91 Å². The molecule has 2 N–H and O–H groups in total. The summed E-state index contributed by atoms with van der Waals surface area (Å²) in [4.78, 5) is 18.8. The predicted molar refractivity (Wildman–Crippen MR) is 170 cm³/mol. The first-order valence-corrected chi connectivity index (χ1v) is 15.4. The number of hydrogen-bond acceptors (Lipinski definition) is 6. The zero-order chi connectivity index (χ0) is 29.1. The maximum absolute atomic E-state index is 14.1. The molecule has 1 unspecified atom stereocenters. The van der Waals surface area contributed by atoms with Crippen molar-refractivity contribution in [2.45, 2.75) is 58.8 Å². The Balaban J connectivity index is 1.58. The molecule has 4 aromatic rings. The minimum absolute atomic E-state index is 0.208. The maximum Gasteiger partial charge on any atom is 0.255 e. The number of benzene rings is 3. The first-order chi connectivity index (χ1) is 19.7. The van der Waals surface area contributed by atoms with Crippen LogP contribution in [0.5, 0.6) is 5.75 Å². The molecule has 0 bridgehead atoms. The lowest BCUT2D eigenvalue weighted by molar-refractivity contribution is -0.113. The molecule has 0 saturated heterocycles. The fraction of sp³-hybridized carbons (Fsp3) is 0.281. The standard InChI is InChI=1S/C32H34BrN5O2S/c1-6-15-41-32-36-31-34-22(5)28(30(39)35-26-13-9-20(3)16-21(26)4)29(38(31)37-32)25-17-24(33)12-14-27(25)40-18-23-10-7-19(2)8-11-23/h7-14,16-17,29H,6,15,18H2,1-5H3,(H,35,39)(H,34,36,37). The molecule has 1 aliphatic rings. The molecule has 0 aliphatic carbocycles. The van der Waals surface area contributed by atoms with E-state index in [2.05, 4.69) is 70.7 Å². The number of thioether (sulfide) groups is 1. The van der Waals surface area contributed by atoms with Gasteiger partial charge in [-0.25, -0.2) is 4.68 Å². The Morgan fingerprint density at radius 1 is 1.05 bits per heavy atom. The van der Waals surface area contributed by atoms with Crippen LogP contribution in [0.2, 0.25) is 0 Å². The van der Waals surface area contributed by atoms with Crippen LogP contribution in [0.25, 0.3) is 0 Å². The van der Waals surface area contributed by atoms with Crippen molar-refractivity contribution in [1.82, 2.24) is 14.8 Å². The lowest BCUT2D eigenvalue weighted by atomic mass is 9.94. The van der Waals surface area contributed by atoms with E-state index in [-0.39, 0.29) is 5.91 Å². The molecule has 5 rings (SSSR count). The second-order valence-corrected chi connectivity index (χ2v) is 12.3. The van der Waals surface area contributed by atoms with Gasteiger partial charge < -0.3 is 15.4 Å². The Labute approximate surface area is 253 Å². The summed E-state index contributed by atoms with van der Waals surface area (Å²) in [7, 11) is 0. The summed E-state index contributed by atoms with van der Waals surface area (Å²) in [5, 5.41) is 12.0. The number of anilines is 2. The molecule has 41 heavy (non-hydrogen) atoms. The second kappa shape index (κ2) is 12.5. The van der Waals surface area contributed by atoms with Gasteiger partial charge in [0.05, 0.1) is 5.57 Å². The monoisotopic (exact) mass is 631 g/mol. The van der Waals surface area contributed by atoms with E-state index in [1.54, 1.807) is 11.8 Å². The van der Waals surface area contributed by atoms with E-state index in [1.165, 1.54) is 5.56 Å². The van der Waals surface area contributed by atoms with Crippen molar-refractivity contribution in [2.24, 2.45) is 0 Å². The van der Waals surface area contributed by atoms with Crippen LogP contribution in [-0.4, -0.2) is 26.4 Å². The van der Waals surface area contributed by atoms with E-state index in [4.69, 9.17) is 14.8 Å². The zero-order valence-corrected chi connectivity index (χ0v) is 26.3. The lowest BCUT2D eigenvalue weighted by Crippen LogP contribution is -2.32. The van der Waals surface area contributed by atoms with Crippen LogP contribution >= 0.6 is 27.7 Å². The Hall–Kier alpha value is -3.56. The van der Waals surface area contributed by atoms with Gasteiger partial charge in [-0.15, -0.1) is 5.10 Å². The molecule has 1 aromatic heterocycles. The van der Waals surface area contributed by atoms with Crippen LogP contribution in [0.1, 0.15) is 54.1 Å². The van der Waals surface area contributed by atoms with E-state index in [9.17, 15) is 4.79 Å². The van der Waals surface area contributed by atoms with Crippen LogP contribution in [0.3, 0.4) is 0 Å². The van der Waals surface area contributed by atoms with Gasteiger partial charge in [0.15, 0.2) is 0 Å². The van der Waals surface area contributed by atoms with Crippen LogP contribution in [0, 0.1) is 20.8 Å². The number of nitrogens with zero attached hydrogens (tertiary/aromatic N) is 3. The molecule has 0 spiro atoms. The average Bonchev–Trinajstić information content (AvgIpc) is 3.35. The summed E-state index contributed by atoms with van der Waals surface area (Å²) in [6, 6.07) is 19.6. The van der Waals surface area contributed by atoms with Crippen molar-refractivity contribution in [3.05, 3.63) is 104 Å². The number of halogens is 1. The zero-order valence-electron chi connectivity index (χ0n) is 23.9. The molecular weight excluding hydrogens is 598 g/mol. The van der Waals surface area contributed by atoms with E-state index >= 15 is 0 Å². The highest BCUT2D eigenvalue weighted by molar-refractivity contribution is 9.10. The molecule has 3 aromatic carbocycles. The predicted octanol–water partition coefficient (Wildman–Crippen LogP) is 7.97. The summed E-state index contributed by atoms with van der Waals surface area (Å²) in [6.45, 7) is 10.5. The van der Waals surface area contributed by atoms with Gasteiger partial charge in [0.1, 0.15) is 18.4 Å². The second-order valence-electron chi connectivity index (χ2n) is 10.3. The maximum atomic E-state index is 14.1. The van der Waals surface area contributed by atoms with Gasteiger partial charge in [0.2, 0.25) is 11.1 Å². The minimum atomic E-state index is -0.564. The third-order valence-electron chi connectivity index (χ3n) is 6.92. The molecule has 0 saturated carbocycles. The number of aromatic nitrogens is 3. The number of hydrogen-bond donors (Lipinski definition) is 2. The van der Waals surface area contributed by atoms with Gasteiger partial charge in [-0.2, -0.15) is 4.98 Å². The molecular formula is C32H34BrN5O2S. The van der Waals surface area contributed by atoms with Gasteiger partial charge in [-0.05, 0) is 69.5 Å². The van der Waals surface area contributed by atoms with E-state index in [0.717, 1.165) is 44.6 Å². The smallest absolute Gasteiger partial charge is 0.255 e. The van der Waals surface area contributed by atoms with Crippen molar-refractivity contribution in [3.8, 4) is 5.75 Å². The Morgan fingerprint density at radius 2 is 1.80 bits per heavy atom. The number of allylic oxidation sites excluding steroid dienone is 1. The number of carbonyl (C=O) groups excluding carboxylic acids is 1. The molecule has 0 fully saturated rings. The highest BCUT2D eigenvalue weighted by Crippen LogP contribution is 2.41. The third-order valence-corrected chi connectivity index (χ3v) is 8.46. The van der Waals surface area contributed by atoms with Gasteiger partial charge in [0, 0.05) is 27.2 Å². The summed E-state index contributed by atoms with van der Waals surface area (Å²) >= 11 is 5.25. The van der Waals surface area contributed by atoms with Crippen LogP contribution in [0.4, 0.5) is 11.6 Å². The number of ether oxygens (including phenoxy) is 1. The molecule has 212 valence electrons. The molecule has 1 amide bonds. The first-order valence-electron chi connectivity index (χ1n) is 13.7. The van der Waals surface area contributed by atoms with Crippen LogP contribution in [-0.2, 0) is 11.4 Å². The molecule has 2 heterocycles. The third kappa shape index (κ3) is 6.52. The minimum Gasteiger partial charge on any atom is -0.489 e. The summed E-state index contributed by atoms with van der Waals surface area (Å²) in [6.07, 6.45) is 1.01. The molecule has 1 atom stereocenters. The Kier molecular flexibility index (Phi) is 8.85. The summed E-state index contributed by atoms with van der Waals surface area (Å²) < 4.78 is 9.10. The normalized spacial score (nSPS) is 14.4. The number of amides is 1. The largest absolute Gasteiger partial charge is 0.489 e. The fourth-order valence-electron chi connectivity index (χ4n) is 4.82. The van der Waals surface area contributed by atoms with Gasteiger partial charge in [-0.1, -0.05) is 82.1 Å². The first kappa shape index (κ1) is 29.0. The van der Waals surface area contributed by atoms with Gasteiger partial charge >= 0.3 is 0 Å². The molecule has 1 aliphatic heterocycles. The topological polar surface area (TPSA) is 81.1 Å². The molecule has 9 heteroatoms. The number of aryl methyl sites for hydroxylation is 3. The van der Waals surface area contributed by atoms with Crippen molar-refractivity contribution in [3.63, 3.8) is 0 Å². The Bertz CT molecular complexity index is 1610. The van der Waals surface area contributed by atoms with Crippen molar-refractivity contribution >= 4 is 45.2 Å². The SMILES string of the molecule is CCCSc1nc2n(n1)C(c1cc(Br)ccc1OCc1ccc(C)cc1)C(C(=O)Nc1ccc(C)cc1C)=C(C)N2. The Morgan fingerprint density at radius 3 is 2.54 bits per heavy atom. The van der Waals surface area contributed by atoms with E-state index in [0.29, 0.717) is 34.7 Å². The number of carbonyl (C=O) groups is 1. The summed E-state index contributed by atoms with van der Waals surface area (Å²) in [5.74, 6) is 1.97. The quantitative estimate of drug-likeness (QED) is 0.182. The highest BCUT2D eigenvalue weighted by atomic mass is 79.9. The number of rotatable bonds is 9. The van der Waals surface area contributed by atoms with Crippen molar-refractivity contribution in [2.75, 3.05) is 16.4 Å². The number of fused-ring (bicyclic) bond motifs is 1. The van der Waals surface area contributed by atoms with Gasteiger partial charge in [-0.3, -0.25) is 4.79 Å². The van der Waals surface area contributed by atoms with Crippen molar-refractivity contribution < 1.29 is 9.53 Å². The van der Waals surface area contributed by atoms with Crippen LogP contribution < -0.4 is 15.4 Å². The lowest BCUT2D eigenvalue weighted by Gasteiger charge is -2.30. The van der Waals surface area contributed by atoms with Crippen molar-refractivity contribution in [1.29, 1.82) is 0 Å². The average molecular weight is 633 g/mol. The van der Waals surface area contributed by atoms with E-state index in [1.807, 2.05) is 55.8 Å². The molecule has 7 nitrogen and oxygen atoms in total. The van der Waals surface area contributed by atoms with Crippen LogP contribution in [0.15, 0.2) is 81.6 Å². The van der Waals surface area contributed by atoms with E-state index < -0.39 is 6.04 Å².